The van der Waals surface area contributed by atoms with Crippen molar-refractivity contribution in [3.05, 3.63) is 91.8 Å². The Morgan fingerprint density at radius 2 is 1.81 bits per heavy atom. The molecular weight excluding hydrogens is 411 g/mol. The Balaban J connectivity index is 1.93. The molecule has 0 aliphatic heterocycles. The lowest BCUT2D eigenvalue weighted by Gasteiger charge is -2.15. The van der Waals surface area contributed by atoms with E-state index in [0.29, 0.717) is 12.1 Å². The fraction of sp³-hybridized carbons (Fsp3) is 0.238. The number of carbonyl (C=O) groups is 1. The zero-order valence-electron chi connectivity index (χ0n) is 15.4. The number of rotatable bonds is 5. The van der Waals surface area contributed by atoms with E-state index in [4.69, 9.17) is 0 Å². The van der Waals surface area contributed by atoms with E-state index < -0.39 is 6.04 Å². The fourth-order valence-corrected chi connectivity index (χ4v) is 3.55. The van der Waals surface area contributed by atoms with E-state index in [1.807, 2.05) is 24.5 Å². The van der Waals surface area contributed by atoms with Crippen LogP contribution in [0.3, 0.4) is 0 Å². The van der Waals surface area contributed by atoms with Gasteiger partial charge >= 0.3 is 0 Å². The number of aromatic nitrogens is 2. The first-order valence-corrected chi connectivity index (χ1v) is 9.40. The van der Waals surface area contributed by atoms with Gasteiger partial charge in [-0.25, -0.2) is 4.39 Å². The number of hydrogen-bond acceptors (Lipinski definition) is 2. The Labute approximate surface area is 165 Å². The number of carbonyl (C=O) groups excluding carboxylic acids is 1. The van der Waals surface area contributed by atoms with Crippen LogP contribution in [0, 0.1) is 19.7 Å². The molecular formula is C21H20BrFN2O2. The molecule has 27 heavy (non-hydrogen) atoms. The smallest absolute Gasteiger partial charge is 0.251 e. The first kappa shape index (κ1) is 19.3. The molecule has 0 aliphatic rings. The molecule has 1 aromatic carbocycles. The molecule has 0 N–H and O–H groups in total. The summed E-state index contributed by atoms with van der Waals surface area (Å²) in [6.45, 7) is 6.10. The van der Waals surface area contributed by atoms with Crippen LogP contribution in [0.2, 0.25) is 0 Å². The maximum absolute atomic E-state index is 13.1. The predicted octanol–water partition coefficient (Wildman–Crippen LogP) is 4.66. The highest BCUT2D eigenvalue weighted by atomic mass is 79.9. The summed E-state index contributed by atoms with van der Waals surface area (Å²) in [6, 6.07) is 10.7. The number of ketones is 1. The molecule has 0 radical (unpaired) electrons. The molecule has 1 unspecified atom stereocenters. The normalized spacial score (nSPS) is 12.2. The molecule has 0 amide bonds. The van der Waals surface area contributed by atoms with Crippen LogP contribution in [-0.2, 0) is 6.54 Å². The zero-order valence-corrected chi connectivity index (χ0v) is 17.0. The number of aryl methyl sites for hydroxylation is 1. The maximum Gasteiger partial charge on any atom is 0.251 e. The number of pyridine rings is 1. The lowest BCUT2D eigenvalue weighted by Crippen LogP contribution is -2.27. The van der Waals surface area contributed by atoms with Crippen LogP contribution in [0.25, 0.3) is 0 Å². The Bertz CT molecular complexity index is 1050. The summed E-state index contributed by atoms with van der Waals surface area (Å²) in [5.74, 6) is -0.391. The predicted molar refractivity (Wildman–Crippen MR) is 107 cm³/mol. The molecule has 3 aromatic rings. The number of Topliss-reactive ketones (excluding diaryl/α,β-unsaturated/α-hetero) is 1. The van der Waals surface area contributed by atoms with E-state index >= 15 is 0 Å². The molecule has 2 heterocycles. The second-order valence-electron chi connectivity index (χ2n) is 6.63. The van der Waals surface area contributed by atoms with Crippen LogP contribution in [0.5, 0.6) is 0 Å². The Morgan fingerprint density at radius 3 is 2.48 bits per heavy atom. The molecule has 0 saturated heterocycles. The topological polar surface area (TPSA) is 44.0 Å². The lowest BCUT2D eigenvalue weighted by atomic mass is 10.1. The Kier molecular flexibility index (Phi) is 5.46. The second kappa shape index (κ2) is 7.64. The van der Waals surface area contributed by atoms with Gasteiger partial charge in [0.25, 0.3) is 5.56 Å². The summed E-state index contributed by atoms with van der Waals surface area (Å²) in [4.78, 5) is 25.2. The van der Waals surface area contributed by atoms with Crippen LogP contribution in [0.1, 0.15) is 40.3 Å². The SMILES string of the molecule is Cc1cc(C(=O)C(C)n2cc(Br)ccc2=O)c(C)n1Cc1ccc(F)cc1. The zero-order chi connectivity index (χ0) is 19.7. The van der Waals surface area contributed by atoms with E-state index in [1.54, 1.807) is 31.3 Å². The van der Waals surface area contributed by atoms with E-state index in [0.717, 1.165) is 21.4 Å². The molecule has 0 spiro atoms. The highest BCUT2D eigenvalue weighted by Gasteiger charge is 2.23. The van der Waals surface area contributed by atoms with Crippen molar-refractivity contribution < 1.29 is 9.18 Å². The van der Waals surface area contributed by atoms with Gasteiger partial charge in [-0.3, -0.25) is 9.59 Å². The molecule has 0 fully saturated rings. The van der Waals surface area contributed by atoms with Crippen LogP contribution in [-0.4, -0.2) is 14.9 Å². The average Bonchev–Trinajstić information content (AvgIpc) is 2.92. The minimum absolute atomic E-state index is 0.117. The first-order valence-electron chi connectivity index (χ1n) is 8.61. The summed E-state index contributed by atoms with van der Waals surface area (Å²) in [5, 5.41) is 0. The lowest BCUT2D eigenvalue weighted by molar-refractivity contribution is 0.0932. The summed E-state index contributed by atoms with van der Waals surface area (Å²) >= 11 is 3.34. The van der Waals surface area contributed by atoms with Crippen LogP contribution < -0.4 is 5.56 Å². The van der Waals surface area contributed by atoms with Crippen molar-refractivity contribution in [1.29, 1.82) is 0 Å². The van der Waals surface area contributed by atoms with Gasteiger partial charge in [0.15, 0.2) is 5.78 Å². The van der Waals surface area contributed by atoms with Crippen molar-refractivity contribution in [3.63, 3.8) is 0 Å². The van der Waals surface area contributed by atoms with E-state index in [2.05, 4.69) is 15.9 Å². The van der Waals surface area contributed by atoms with Gasteiger partial charge in [-0.05, 0) is 66.5 Å². The fourth-order valence-electron chi connectivity index (χ4n) is 3.20. The van der Waals surface area contributed by atoms with Gasteiger partial charge in [0.1, 0.15) is 5.82 Å². The molecule has 140 valence electrons. The maximum atomic E-state index is 13.1. The summed E-state index contributed by atoms with van der Waals surface area (Å²) in [6.07, 6.45) is 1.63. The molecule has 4 nitrogen and oxygen atoms in total. The van der Waals surface area contributed by atoms with Crippen molar-refractivity contribution in [1.82, 2.24) is 9.13 Å². The van der Waals surface area contributed by atoms with E-state index in [-0.39, 0.29) is 17.2 Å². The summed E-state index contributed by atoms with van der Waals surface area (Å²) in [5.41, 5.74) is 3.09. The first-order chi connectivity index (χ1) is 12.8. The van der Waals surface area contributed by atoms with Crippen molar-refractivity contribution >= 4 is 21.7 Å². The molecule has 0 bridgehead atoms. The highest BCUT2D eigenvalue weighted by Crippen LogP contribution is 2.22. The minimum Gasteiger partial charge on any atom is -0.344 e. The van der Waals surface area contributed by atoms with Gasteiger partial charge in [-0.15, -0.1) is 0 Å². The van der Waals surface area contributed by atoms with Gasteiger partial charge in [0, 0.05) is 40.2 Å². The molecule has 3 rings (SSSR count). The molecule has 2 aromatic heterocycles. The number of nitrogens with zero attached hydrogens (tertiary/aromatic N) is 2. The molecule has 0 aliphatic carbocycles. The molecule has 0 saturated carbocycles. The molecule has 1 atom stereocenters. The van der Waals surface area contributed by atoms with Crippen molar-refractivity contribution in [2.45, 2.75) is 33.4 Å². The second-order valence-corrected chi connectivity index (χ2v) is 7.55. The third kappa shape index (κ3) is 3.95. The number of hydrogen-bond donors (Lipinski definition) is 0. The third-order valence-corrected chi connectivity index (χ3v) is 5.26. The highest BCUT2D eigenvalue weighted by molar-refractivity contribution is 9.10. The van der Waals surface area contributed by atoms with Crippen molar-refractivity contribution in [2.24, 2.45) is 0 Å². The van der Waals surface area contributed by atoms with Gasteiger partial charge in [0.2, 0.25) is 0 Å². The largest absolute Gasteiger partial charge is 0.344 e. The van der Waals surface area contributed by atoms with E-state index in [1.165, 1.54) is 22.8 Å². The van der Waals surface area contributed by atoms with Crippen molar-refractivity contribution in [3.8, 4) is 0 Å². The third-order valence-electron chi connectivity index (χ3n) is 4.79. The standard InChI is InChI=1S/C21H20BrFN2O2/c1-13-10-19(14(2)24(13)11-16-4-7-18(23)8-5-16)21(27)15(3)25-12-17(22)6-9-20(25)26/h4-10,12,15H,11H2,1-3H3. The minimum atomic E-state index is -0.616. The van der Waals surface area contributed by atoms with Crippen LogP contribution in [0.4, 0.5) is 4.39 Å². The van der Waals surface area contributed by atoms with Crippen LogP contribution >= 0.6 is 15.9 Å². The van der Waals surface area contributed by atoms with E-state index in [9.17, 15) is 14.0 Å². The van der Waals surface area contributed by atoms with Gasteiger partial charge in [-0.1, -0.05) is 12.1 Å². The number of halogens is 2. The Hall–Kier alpha value is -2.47. The van der Waals surface area contributed by atoms with Crippen LogP contribution in [0.15, 0.2) is 57.9 Å². The van der Waals surface area contributed by atoms with Gasteiger partial charge in [0.05, 0.1) is 6.04 Å². The quantitative estimate of drug-likeness (QED) is 0.552. The Morgan fingerprint density at radius 1 is 1.15 bits per heavy atom. The van der Waals surface area contributed by atoms with Gasteiger partial charge < -0.3 is 9.13 Å². The van der Waals surface area contributed by atoms with Crippen molar-refractivity contribution in [2.75, 3.05) is 0 Å². The summed E-state index contributed by atoms with van der Waals surface area (Å²) < 4.78 is 17.3. The number of benzene rings is 1. The average molecular weight is 431 g/mol. The van der Waals surface area contributed by atoms with Gasteiger partial charge in [-0.2, -0.15) is 0 Å². The molecule has 6 heteroatoms. The summed E-state index contributed by atoms with van der Waals surface area (Å²) in [7, 11) is 0. The monoisotopic (exact) mass is 430 g/mol.